The minimum Gasteiger partial charge on any atom is -0.480 e. The lowest BCUT2D eigenvalue weighted by atomic mass is 10.2. The fourth-order valence-electron chi connectivity index (χ4n) is 3.55. The molecule has 0 atom stereocenters. The standard InChI is InChI=1S/C20H19ClN2O6S3/c1-11-12(2)30-20-19(11)22(6-3-7-32(26,27)28)16(29-20)9-17-23(10-18(24)25)14-8-13(21)4-5-15(14)31-17/h4-5,8-9H,3,6-7,10H2,1-2H3,(H-,24,25,26,27,28)/p+1. The van der Waals surface area contributed by atoms with Crippen molar-refractivity contribution in [3.05, 3.63) is 44.6 Å². The second-order valence-electron chi connectivity index (χ2n) is 7.33. The number of rotatable bonds is 7. The molecule has 1 aliphatic heterocycles. The van der Waals surface area contributed by atoms with Crippen LogP contribution in [0.1, 0.15) is 22.8 Å². The van der Waals surface area contributed by atoms with Gasteiger partial charge in [0, 0.05) is 26.8 Å². The average molecular weight is 516 g/mol. The third kappa shape index (κ3) is 4.67. The zero-order valence-electron chi connectivity index (χ0n) is 17.2. The van der Waals surface area contributed by atoms with Crippen LogP contribution in [0.4, 0.5) is 5.69 Å². The predicted octanol–water partition coefficient (Wildman–Crippen LogP) is 4.33. The smallest absolute Gasteiger partial charge is 0.377 e. The first-order chi connectivity index (χ1) is 15.0. The number of carbonyl (C=O) groups is 1. The Morgan fingerprint density at radius 3 is 2.78 bits per heavy atom. The van der Waals surface area contributed by atoms with Gasteiger partial charge < -0.3 is 14.4 Å². The van der Waals surface area contributed by atoms with Crippen molar-refractivity contribution in [2.75, 3.05) is 17.2 Å². The normalized spacial score (nSPS) is 15.1. The van der Waals surface area contributed by atoms with E-state index in [9.17, 15) is 18.3 Å². The van der Waals surface area contributed by atoms with Crippen LogP contribution in [-0.2, 0) is 21.5 Å². The Hall–Kier alpha value is -2.05. The molecule has 1 aliphatic rings. The second-order valence-corrected chi connectivity index (χ2v) is 11.6. The number of hydrogen-bond acceptors (Lipinski definition) is 7. The maximum absolute atomic E-state index is 11.5. The van der Waals surface area contributed by atoms with E-state index >= 15 is 0 Å². The van der Waals surface area contributed by atoms with E-state index in [-0.39, 0.29) is 18.7 Å². The molecular weight excluding hydrogens is 496 g/mol. The molecule has 2 aromatic heterocycles. The monoisotopic (exact) mass is 515 g/mol. The van der Waals surface area contributed by atoms with Crippen molar-refractivity contribution in [3.63, 3.8) is 0 Å². The quantitative estimate of drug-likeness (QED) is 0.353. The SMILES string of the molecule is Cc1sc2oc(C=C3Sc4ccc(Cl)cc4N3CC(=O)O)[n+](CCCS(=O)(=O)O)c2c1C. The molecule has 1 aromatic carbocycles. The fourth-order valence-corrected chi connectivity index (χ4v) is 6.29. The van der Waals surface area contributed by atoms with Gasteiger partial charge in [-0.3, -0.25) is 9.35 Å². The van der Waals surface area contributed by atoms with Gasteiger partial charge in [-0.2, -0.15) is 13.0 Å². The van der Waals surface area contributed by atoms with Gasteiger partial charge in [-0.05, 0) is 32.0 Å². The summed E-state index contributed by atoms with van der Waals surface area (Å²) in [6, 6.07) is 5.31. The fraction of sp³-hybridized carbons (Fsp3) is 0.300. The molecule has 0 fully saturated rings. The first-order valence-corrected chi connectivity index (χ1v) is 13.2. The molecule has 3 heterocycles. The lowest BCUT2D eigenvalue weighted by molar-refractivity contribution is -0.678. The van der Waals surface area contributed by atoms with E-state index in [0.717, 1.165) is 20.9 Å². The summed E-state index contributed by atoms with van der Waals surface area (Å²) in [5.41, 5.74) is 2.60. The predicted molar refractivity (Wildman–Crippen MR) is 125 cm³/mol. The number of oxazole rings is 1. The van der Waals surface area contributed by atoms with Gasteiger partial charge in [0.15, 0.2) is 6.54 Å². The summed E-state index contributed by atoms with van der Waals surface area (Å²) in [6.07, 6.45) is 1.96. The van der Waals surface area contributed by atoms with Crippen LogP contribution >= 0.6 is 34.7 Å². The van der Waals surface area contributed by atoms with Gasteiger partial charge >= 0.3 is 11.9 Å². The van der Waals surface area contributed by atoms with Crippen LogP contribution in [0.25, 0.3) is 16.5 Å². The van der Waals surface area contributed by atoms with E-state index < -0.39 is 16.1 Å². The summed E-state index contributed by atoms with van der Waals surface area (Å²) in [5.74, 6) is -0.881. The summed E-state index contributed by atoms with van der Waals surface area (Å²) >= 11 is 9.03. The van der Waals surface area contributed by atoms with Gasteiger partial charge in [-0.1, -0.05) is 34.7 Å². The Labute approximate surface area is 197 Å². The van der Waals surface area contributed by atoms with E-state index in [0.29, 0.717) is 33.1 Å². The van der Waals surface area contributed by atoms with Crippen LogP contribution in [0.15, 0.2) is 32.5 Å². The van der Waals surface area contributed by atoms with Crippen LogP contribution in [0, 0.1) is 13.8 Å². The largest absolute Gasteiger partial charge is 0.480 e. The highest BCUT2D eigenvalue weighted by atomic mass is 35.5. The molecule has 12 heteroatoms. The van der Waals surface area contributed by atoms with E-state index in [1.54, 1.807) is 23.1 Å². The molecule has 8 nitrogen and oxygen atoms in total. The lowest BCUT2D eigenvalue weighted by Crippen LogP contribution is -2.37. The molecule has 0 amide bonds. The number of thioether (sulfide) groups is 1. The molecule has 170 valence electrons. The van der Waals surface area contributed by atoms with E-state index in [1.807, 2.05) is 24.5 Å². The first kappa shape index (κ1) is 23.1. The molecule has 32 heavy (non-hydrogen) atoms. The van der Waals surface area contributed by atoms with Crippen molar-refractivity contribution in [1.29, 1.82) is 0 Å². The zero-order valence-corrected chi connectivity index (χ0v) is 20.4. The molecule has 3 aromatic rings. The van der Waals surface area contributed by atoms with Gasteiger partial charge in [-0.25, -0.2) is 0 Å². The van der Waals surface area contributed by atoms with Crippen LogP contribution in [0.2, 0.25) is 5.02 Å². The third-order valence-corrected chi connectivity index (χ3v) is 8.30. The van der Waals surface area contributed by atoms with Crippen molar-refractivity contribution in [3.8, 4) is 0 Å². The van der Waals surface area contributed by atoms with Crippen molar-refractivity contribution < 1.29 is 31.9 Å². The Morgan fingerprint density at radius 1 is 1.34 bits per heavy atom. The highest BCUT2D eigenvalue weighted by molar-refractivity contribution is 8.03. The summed E-state index contributed by atoms with van der Waals surface area (Å²) in [5, 5.41) is 10.6. The minimum absolute atomic E-state index is 0.199. The maximum Gasteiger partial charge on any atom is 0.377 e. The summed E-state index contributed by atoms with van der Waals surface area (Å²) in [4.78, 5) is 15.8. The number of fused-ring (bicyclic) bond motifs is 2. The molecule has 2 N–H and O–H groups in total. The number of aryl methyl sites for hydroxylation is 3. The average Bonchev–Trinajstić information content (AvgIpc) is 3.27. The highest BCUT2D eigenvalue weighted by Gasteiger charge is 2.32. The number of aliphatic carboxylic acids is 1. The molecular formula is C20H20ClN2O6S3+. The number of benzene rings is 1. The summed E-state index contributed by atoms with van der Waals surface area (Å²) in [7, 11) is -4.08. The van der Waals surface area contributed by atoms with Crippen LogP contribution in [0.5, 0.6) is 0 Å². The zero-order chi connectivity index (χ0) is 23.2. The van der Waals surface area contributed by atoms with Crippen molar-refractivity contribution in [1.82, 2.24) is 0 Å². The number of halogens is 1. The van der Waals surface area contributed by atoms with Crippen LogP contribution < -0.4 is 9.47 Å². The third-order valence-electron chi connectivity index (χ3n) is 5.07. The number of anilines is 1. The number of carboxylic acid groups (broad SMARTS) is 1. The Morgan fingerprint density at radius 2 is 2.09 bits per heavy atom. The van der Waals surface area contributed by atoms with Gasteiger partial charge in [0.1, 0.15) is 6.54 Å². The molecule has 4 rings (SSSR count). The van der Waals surface area contributed by atoms with Crippen molar-refractivity contribution in [2.24, 2.45) is 0 Å². The number of hydrogen-bond donors (Lipinski definition) is 2. The van der Waals surface area contributed by atoms with Gasteiger partial charge in [0.05, 0.1) is 22.5 Å². The van der Waals surface area contributed by atoms with Gasteiger partial charge in [0.25, 0.3) is 20.5 Å². The Balaban J connectivity index is 1.78. The van der Waals surface area contributed by atoms with Crippen LogP contribution in [0.3, 0.4) is 0 Å². The minimum atomic E-state index is -4.08. The number of nitrogens with zero attached hydrogens (tertiary/aromatic N) is 2. The topological polar surface area (TPSA) is 112 Å². The van der Waals surface area contributed by atoms with Crippen molar-refractivity contribution in [2.45, 2.75) is 31.7 Å². The van der Waals surface area contributed by atoms with E-state index in [4.69, 9.17) is 20.6 Å². The second kappa shape index (κ2) is 8.71. The number of thiophene rings is 1. The molecule has 0 unspecified atom stereocenters. The molecule has 0 bridgehead atoms. The highest BCUT2D eigenvalue weighted by Crippen LogP contribution is 2.47. The summed E-state index contributed by atoms with van der Waals surface area (Å²) < 4.78 is 39.5. The Kier molecular flexibility index (Phi) is 6.29. The van der Waals surface area contributed by atoms with Gasteiger partial charge in [0.2, 0.25) is 0 Å². The summed E-state index contributed by atoms with van der Waals surface area (Å²) in [6.45, 7) is 4.02. The molecule has 0 spiro atoms. The maximum atomic E-state index is 11.5. The molecule has 0 saturated heterocycles. The lowest BCUT2D eigenvalue weighted by Gasteiger charge is -2.17. The van der Waals surface area contributed by atoms with Crippen molar-refractivity contribution >= 4 is 73.0 Å². The van der Waals surface area contributed by atoms with Crippen LogP contribution in [-0.4, -0.2) is 36.3 Å². The molecule has 0 radical (unpaired) electrons. The number of aromatic nitrogens is 1. The van der Waals surface area contributed by atoms with E-state index in [1.165, 1.54) is 23.1 Å². The Bertz CT molecular complexity index is 1360. The number of carboxylic acids is 1. The molecule has 0 saturated carbocycles. The first-order valence-electron chi connectivity index (χ1n) is 9.59. The van der Waals surface area contributed by atoms with Gasteiger partial charge in [-0.15, -0.1) is 0 Å². The molecule has 0 aliphatic carbocycles. The van der Waals surface area contributed by atoms with E-state index in [2.05, 4.69) is 0 Å².